The highest BCUT2D eigenvalue weighted by Crippen LogP contribution is 2.56. The Bertz CT molecular complexity index is 1340. The monoisotopic (exact) mass is 594 g/mol. The molecule has 2 aliphatic rings. The predicted molar refractivity (Wildman–Crippen MR) is 143 cm³/mol. The van der Waals surface area contributed by atoms with Crippen LogP contribution in [0.5, 0.6) is 5.75 Å². The number of β-lactam (4-membered cyclic amide) rings is 1. The molecule has 216 valence electrons. The van der Waals surface area contributed by atoms with Gasteiger partial charge in [0.15, 0.2) is 5.82 Å². The standard InChI is InChI=1S/C24H31ClN8O6S/c1-23(2,3)22(38)39-10-32-30-18(29-31-32)17-24(4,5)40-21-16(20(37)33(17)21)28-19(36)15(27-14(35)9-26)11-6-7-13(34)12(25)8-11/h6-8,15-17,21,34H,9-10,26H2,1-5H3,(H,27,35)(H,28,36)/t15?,16?,17?,21-/m1/s1. The van der Waals surface area contributed by atoms with E-state index in [-0.39, 0.29) is 35.8 Å². The van der Waals surface area contributed by atoms with Gasteiger partial charge in [-0.25, -0.2) is 0 Å². The number of nitrogens with two attached hydrogens (primary N) is 1. The summed E-state index contributed by atoms with van der Waals surface area (Å²) < 4.78 is 4.69. The number of halogens is 1. The van der Waals surface area contributed by atoms with E-state index in [4.69, 9.17) is 22.1 Å². The van der Waals surface area contributed by atoms with Gasteiger partial charge in [0.1, 0.15) is 29.2 Å². The van der Waals surface area contributed by atoms with Crippen molar-refractivity contribution in [1.82, 2.24) is 35.7 Å². The lowest BCUT2D eigenvalue weighted by Crippen LogP contribution is -2.68. The van der Waals surface area contributed by atoms with E-state index in [0.29, 0.717) is 5.56 Å². The number of tetrazole rings is 1. The van der Waals surface area contributed by atoms with Gasteiger partial charge in [0.25, 0.3) is 0 Å². The molecular formula is C24H31ClN8O6S. The summed E-state index contributed by atoms with van der Waals surface area (Å²) in [7, 11) is 0. The quantitative estimate of drug-likeness (QED) is 0.247. The number of aromatic nitrogens is 4. The first-order valence-electron chi connectivity index (χ1n) is 12.4. The molecule has 14 nitrogen and oxygen atoms in total. The number of phenolic OH excluding ortho intramolecular Hbond substituents is 1. The molecule has 16 heteroatoms. The number of benzene rings is 1. The van der Waals surface area contributed by atoms with Gasteiger partial charge in [0, 0.05) is 4.75 Å². The van der Waals surface area contributed by atoms with Crippen LogP contribution in [0.2, 0.25) is 5.02 Å². The van der Waals surface area contributed by atoms with Gasteiger partial charge in [-0.3, -0.25) is 19.2 Å². The number of carbonyl (C=O) groups is 4. The SMILES string of the molecule is CC(C)(C)C(=O)OCn1nnc(C2N3C(=O)C(NC(=O)C(NC(=O)CN)c4ccc(O)c(Cl)c4)[C@H]3SC2(C)C)n1. The summed E-state index contributed by atoms with van der Waals surface area (Å²) in [4.78, 5) is 53.5. The third-order valence-corrected chi connectivity index (χ3v) is 8.31. The molecule has 2 aromatic rings. The Morgan fingerprint density at radius 2 is 2.00 bits per heavy atom. The first-order valence-corrected chi connectivity index (χ1v) is 13.6. The highest BCUT2D eigenvalue weighted by Gasteiger charge is 2.63. The number of phenols is 1. The Kier molecular flexibility index (Phi) is 8.02. The summed E-state index contributed by atoms with van der Waals surface area (Å²) in [6, 6.07) is 1.45. The number of hydrogen-bond donors (Lipinski definition) is 4. The molecule has 4 rings (SSSR count). The fourth-order valence-electron chi connectivity index (χ4n) is 4.38. The average Bonchev–Trinajstić information content (AvgIpc) is 3.44. The van der Waals surface area contributed by atoms with E-state index >= 15 is 0 Å². The van der Waals surface area contributed by atoms with E-state index < -0.39 is 51.4 Å². The van der Waals surface area contributed by atoms with Gasteiger partial charge in [-0.1, -0.05) is 17.7 Å². The number of aromatic hydroxyl groups is 1. The molecule has 3 amide bonds. The number of esters is 1. The smallest absolute Gasteiger partial charge is 0.313 e. The zero-order valence-corrected chi connectivity index (χ0v) is 24.1. The van der Waals surface area contributed by atoms with Crippen LogP contribution in [0.15, 0.2) is 18.2 Å². The Morgan fingerprint density at radius 1 is 1.30 bits per heavy atom. The maximum Gasteiger partial charge on any atom is 0.313 e. The second-order valence-electron chi connectivity index (χ2n) is 11.0. The average molecular weight is 595 g/mol. The Morgan fingerprint density at radius 3 is 2.62 bits per heavy atom. The molecule has 0 bridgehead atoms. The second kappa shape index (κ2) is 10.9. The molecule has 0 spiro atoms. The molecule has 5 N–H and O–H groups in total. The van der Waals surface area contributed by atoms with E-state index in [1.807, 2.05) is 13.8 Å². The van der Waals surface area contributed by atoms with Crippen LogP contribution in [0.25, 0.3) is 0 Å². The minimum absolute atomic E-state index is 0.00662. The molecule has 2 aliphatic heterocycles. The van der Waals surface area contributed by atoms with Crippen LogP contribution in [0, 0.1) is 5.41 Å². The third kappa shape index (κ3) is 5.71. The lowest BCUT2D eigenvalue weighted by atomic mass is 9.95. The van der Waals surface area contributed by atoms with E-state index in [9.17, 15) is 24.3 Å². The molecule has 1 aromatic heterocycles. The summed E-state index contributed by atoms with van der Waals surface area (Å²) in [5.74, 6) is -1.93. The lowest BCUT2D eigenvalue weighted by Gasteiger charge is -2.44. The molecule has 40 heavy (non-hydrogen) atoms. The van der Waals surface area contributed by atoms with E-state index in [1.165, 1.54) is 30.0 Å². The first-order chi connectivity index (χ1) is 18.6. The Hall–Kier alpha value is -3.43. The van der Waals surface area contributed by atoms with Gasteiger partial charge in [-0.2, -0.15) is 0 Å². The molecular weight excluding hydrogens is 564 g/mol. The number of hydrogen-bond acceptors (Lipinski definition) is 11. The highest BCUT2D eigenvalue weighted by atomic mass is 35.5. The minimum Gasteiger partial charge on any atom is -0.506 e. The van der Waals surface area contributed by atoms with Gasteiger partial charge in [0.2, 0.25) is 24.5 Å². The maximum atomic E-state index is 13.3. The van der Waals surface area contributed by atoms with Crippen molar-refractivity contribution in [2.24, 2.45) is 11.1 Å². The van der Waals surface area contributed by atoms with Crippen molar-refractivity contribution in [3.8, 4) is 5.75 Å². The molecule has 3 heterocycles. The van der Waals surface area contributed by atoms with Crippen LogP contribution in [-0.4, -0.2) is 76.6 Å². The number of rotatable bonds is 8. The molecule has 0 radical (unpaired) electrons. The summed E-state index contributed by atoms with van der Waals surface area (Å²) in [6.07, 6.45) is 0. The van der Waals surface area contributed by atoms with Crippen molar-refractivity contribution in [3.05, 3.63) is 34.6 Å². The van der Waals surface area contributed by atoms with Crippen LogP contribution in [-0.2, 0) is 30.6 Å². The van der Waals surface area contributed by atoms with Gasteiger partial charge in [-0.15, -0.1) is 26.8 Å². The normalized spacial score (nSPS) is 22.2. The summed E-state index contributed by atoms with van der Waals surface area (Å²) >= 11 is 7.47. The van der Waals surface area contributed by atoms with Gasteiger partial charge in [0.05, 0.1) is 17.0 Å². The van der Waals surface area contributed by atoms with Crippen LogP contribution in [0.4, 0.5) is 0 Å². The zero-order chi connectivity index (χ0) is 29.6. The molecule has 3 unspecified atom stereocenters. The van der Waals surface area contributed by atoms with Crippen LogP contribution in [0.3, 0.4) is 0 Å². The summed E-state index contributed by atoms with van der Waals surface area (Å²) in [6.45, 7) is 8.46. The first kappa shape index (κ1) is 29.6. The van der Waals surface area contributed by atoms with Gasteiger partial charge >= 0.3 is 5.97 Å². The zero-order valence-electron chi connectivity index (χ0n) is 22.5. The van der Waals surface area contributed by atoms with Crippen molar-refractivity contribution in [2.45, 2.75) is 69.6 Å². The van der Waals surface area contributed by atoms with Crippen LogP contribution in [0.1, 0.15) is 58.1 Å². The number of thioether (sulfide) groups is 1. The highest BCUT2D eigenvalue weighted by molar-refractivity contribution is 8.01. The van der Waals surface area contributed by atoms with Gasteiger partial charge in [-0.05, 0) is 57.5 Å². The van der Waals surface area contributed by atoms with Crippen molar-refractivity contribution in [2.75, 3.05) is 6.54 Å². The fourth-order valence-corrected chi connectivity index (χ4v) is 6.20. The van der Waals surface area contributed by atoms with Crippen molar-refractivity contribution >= 4 is 47.1 Å². The second-order valence-corrected chi connectivity index (χ2v) is 13.2. The van der Waals surface area contributed by atoms with Crippen molar-refractivity contribution < 1.29 is 29.0 Å². The fraction of sp³-hybridized carbons (Fsp3) is 0.542. The Labute approximate surface area is 239 Å². The number of ether oxygens (including phenoxy) is 1. The molecule has 4 atom stereocenters. The van der Waals surface area contributed by atoms with Crippen molar-refractivity contribution in [3.63, 3.8) is 0 Å². The third-order valence-electron chi connectivity index (χ3n) is 6.43. The predicted octanol–water partition coefficient (Wildman–Crippen LogP) is 0.615. The van der Waals surface area contributed by atoms with Crippen LogP contribution >= 0.6 is 23.4 Å². The number of fused-ring (bicyclic) bond motifs is 1. The summed E-state index contributed by atoms with van der Waals surface area (Å²) in [5.41, 5.74) is 5.03. The molecule has 1 aromatic carbocycles. The molecule has 2 saturated heterocycles. The number of carbonyl (C=O) groups excluding carboxylic acids is 4. The summed E-state index contributed by atoms with van der Waals surface area (Å²) in [5, 5.41) is 27.0. The lowest BCUT2D eigenvalue weighted by molar-refractivity contribution is -0.158. The van der Waals surface area contributed by atoms with Gasteiger partial charge < -0.3 is 31.1 Å². The molecule has 0 saturated carbocycles. The number of nitrogens with one attached hydrogen (secondary N) is 2. The number of amides is 3. The molecule has 0 aliphatic carbocycles. The Balaban J connectivity index is 1.49. The molecule has 2 fully saturated rings. The van der Waals surface area contributed by atoms with E-state index in [2.05, 4.69) is 26.0 Å². The van der Waals surface area contributed by atoms with Crippen molar-refractivity contribution in [1.29, 1.82) is 0 Å². The largest absolute Gasteiger partial charge is 0.506 e. The topological polar surface area (TPSA) is 195 Å². The van der Waals surface area contributed by atoms with E-state index in [1.54, 1.807) is 25.7 Å². The maximum absolute atomic E-state index is 13.3. The van der Waals surface area contributed by atoms with E-state index in [0.717, 1.165) is 4.80 Å². The number of nitrogens with zero attached hydrogens (tertiary/aromatic N) is 5. The minimum atomic E-state index is -1.21. The van der Waals surface area contributed by atoms with Crippen LogP contribution < -0.4 is 16.4 Å².